The molecule has 20 heavy (non-hydrogen) atoms. The van der Waals surface area contributed by atoms with Gasteiger partial charge in [0.05, 0.1) is 6.54 Å². The van der Waals surface area contributed by atoms with Gasteiger partial charge in [0, 0.05) is 36.8 Å². The maximum atomic E-state index is 12.6. The minimum Gasteiger partial charge on any atom is -0.320 e. The van der Waals surface area contributed by atoms with Gasteiger partial charge in [0.15, 0.2) is 0 Å². The summed E-state index contributed by atoms with van der Waals surface area (Å²) in [5.74, 6) is 7.35. The molecule has 0 spiro atoms. The Hall–Kier alpha value is -1.07. The van der Waals surface area contributed by atoms with E-state index >= 15 is 0 Å². The summed E-state index contributed by atoms with van der Waals surface area (Å²) in [6, 6.07) is 1.56. The molecular weight excluding hydrogens is 294 g/mol. The van der Waals surface area contributed by atoms with Crippen LogP contribution in [0.15, 0.2) is 23.4 Å². The Bertz CT molecular complexity index is 612. The molecule has 5 nitrogen and oxygen atoms in total. The van der Waals surface area contributed by atoms with Crippen molar-refractivity contribution >= 4 is 21.8 Å². The smallest absolute Gasteiger partial charge is 0.244 e. The second-order valence-electron chi connectivity index (χ2n) is 4.29. The van der Waals surface area contributed by atoms with Gasteiger partial charge in [0.1, 0.15) is 4.90 Å². The summed E-state index contributed by atoms with van der Waals surface area (Å²) >= 11 is 1.79. The maximum absolute atomic E-state index is 12.6. The van der Waals surface area contributed by atoms with Crippen LogP contribution >= 0.6 is 11.8 Å². The number of sulfonamides is 1. The molecule has 1 aromatic rings. The topological polar surface area (TPSA) is 76.3 Å². The van der Waals surface area contributed by atoms with Crippen LogP contribution in [0.2, 0.25) is 0 Å². The first kappa shape index (κ1) is 15.3. The van der Waals surface area contributed by atoms with Crippen molar-refractivity contribution in [3.05, 3.63) is 24.0 Å². The van der Waals surface area contributed by atoms with Crippen molar-refractivity contribution in [1.82, 2.24) is 9.29 Å². The second kappa shape index (κ2) is 7.09. The van der Waals surface area contributed by atoms with Crippen LogP contribution in [0.5, 0.6) is 0 Å². The predicted octanol–water partition coefficient (Wildman–Crippen LogP) is 0.519. The molecule has 1 saturated heterocycles. The highest BCUT2D eigenvalue weighted by molar-refractivity contribution is 7.99. The van der Waals surface area contributed by atoms with Crippen molar-refractivity contribution in [3.63, 3.8) is 0 Å². The summed E-state index contributed by atoms with van der Waals surface area (Å²) in [5, 5.41) is 0. The van der Waals surface area contributed by atoms with E-state index in [1.165, 1.54) is 10.5 Å². The van der Waals surface area contributed by atoms with Gasteiger partial charge in [0.2, 0.25) is 10.0 Å². The fraction of sp³-hybridized carbons (Fsp3) is 0.462. The first-order valence-corrected chi connectivity index (χ1v) is 8.96. The molecule has 0 bridgehead atoms. The second-order valence-corrected chi connectivity index (χ2v) is 7.45. The Labute approximate surface area is 124 Å². The van der Waals surface area contributed by atoms with Gasteiger partial charge in [-0.25, -0.2) is 8.42 Å². The zero-order chi connectivity index (χ0) is 14.4. The molecular formula is C13H17N3O2S2. The molecule has 1 aliphatic rings. The van der Waals surface area contributed by atoms with Crippen LogP contribution in [0.1, 0.15) is 12.0 Å². The monoisotopic (exact) mass is 311 g/mol. The van der Waals surface area contributed by atoms with E-state index < -0.39 is 10.0 Å². The molecule has 2 heterocycles. The summed E-state index contributed by atoms with van der Waals surface area (Å²) < 4.78 is 26.7. The Morgan fingerprint density at radius 3 is 3.00 bits per heavy atom. The van der Waals surface area contributed by atoms with Gasteiger partial charge in [-0.2, -0.15) is 16.1 Å². The molecule has 108 valence electrons. The molecule has 0 atom stereocenters. The highest BCUT2D eigenvalue weighted by Gasteiger charge is 2.25. The maximum Gasteiger partial charge on any atom is 0.244 e. The summed E-state index contributed by atoms with van der Waals surface area (Å²) in [5.41, 5.74) is 5.88. The molecule has 2 N–H and O–H groups in total. The predicted molar refractivity (Wildman–Crippen MR) is 80.9 cm³/mol. The van der Waals surface area contributed by atoms with Gasteiger partial charge in [-0.3, -0.25) is 4.98 Å². The number of hydrogen-bond acceptors (Lipinski definition) is 5. The quantitative estimate of drug-likeness (QED) is 0.806. The van der Waals surface area contributed by atoms with E-state index in [1.54, 1.807) is 24.0 Å². The third-order valence-electron chi connectivity index (χ3n) is 2.87. The largest absolute Gasteiger partial charge is 0.320 e. The molecule has 1 aromatic heterocycles. The molecule has 0 radical (unpaired) electrons. The van der Waals surface area contributed by atoms with Crippen LogP contribution < -0.4 is 5.73 Å². The van der Waals surface area contributed by atoms with Crippen molar-refractivity contribution in [1.29, 1.82) is 0 Å². The average molecular weight is 311 g/mol. The average Bonchev–Trinajstić information content (AvgIpc) is 2.75. The molecule has 7 heteroatoms. The lowest BCUT2D eigenvalue weighted by Gasteiger charge is -2.19. The first-order chi connectivity index (χ1) is 9.64. The number of nitrogens with zero attached hydrogens (tertiary/aromatic N) is 2. The molecule has 0 unspecified atom stereocenters. The van der Waals surface area contributed by atoms with E-state index in [-0.39, 0.29) is 11.4 Å². The minimum atomic E-state index is -3.47. The SMILES string of the molecule is NCC#Cc1cncc(S(=O)(=O)N2CCCSCC2)c1. The van der Waals surface area contributed by atoms with E-state index in [2.05, 4.69) is 16.8 Å². The number of aromatic nitrogens is 1. The van der Waals surface area contributed by atoms with Crippen molar-refractivity contribution < 1.29 is 8.42 Å². The van der Waals surface area contributed by atoms with Crippen molar-refractivity contribution in [2.75, 3.05) is 31.1 Å². The van der Waals surface area contributed by atoms with E-state index in [0.29, 0.717) is 18.7 Å². The first-order valence-electron chi connectivity index (χ1n) is 6.36. The molecule has 0 aliphatic carbocycles. The zero-order valence-corrected chi connectivity index (χ0v) is 12.7. The fourth-order valence-electron chi connectivity index (χ4n) is 1.89. The van der Waals surface area contributed by atoms with E-state index in [1.807, 2.05) is 0 Å². The Balaban J connectivity index is 2.28. The third kappa shape index (κ3) is 3.73. The van der Waals surface area contributed by atoms with Crippen molar-refractivity contribution in [3.8, 4) is 11.8 Å². The Kier molecular flexibility index (Phi) is 5.43. The van der Waals surface area contributed by atoms with Crippen LogP contribution in [0, 0.1) is 11.8 Å². The van der Waals surface area contributed by atoms with Gasteiger partial charge in [-0.05, 0) is 18.2 Å². The van der Waals surface area contributed by atoms with E-state index in [0.717, 1.165) is 17.9 Å². The molecule has 1 aliphatic heterocycles. The summed E-state index contributed by atoms with van der Waals surface area (Å²) in [6.07, 6.45) is 3.80. The number of pyridine rings is 1. The number of thioether (sulfide) groups is 1. The number of nitrogens with two attached hydrogens (primary N) is 1. The van der Waals surface area contributed by atoms with Crippen LogP contribution in [0.25, 0.3) is 0 Å². The minimum absolute atomic E-state index is 0.202. The van der Waals surface area contributed by atoms with Gasteiger partial charge < -0.3 is 5.73 Å². The van der Waals surface area contributed by atoms with Crippen LogP contribution in [0.4, 0.5) is 0 Å². The zero-order valence-electron chi connectivity index (χ0n) is 11.1. The lowest BCUT2D eigenvalue weighted by molar-refractivity contribution is 0.434. The van der Waals surface area contributed by atoms with Crippen molar-refractivity contribution in [2.45, 2.75) is 11.3 Å². The van der Waals surface area contributed by atoms with Crippen LogP contribution in [-0.2, 0) is 10.0 Å². The lowest BCUT2D eigenvalue weighted by atomic mass is 10.3. The van der Waals surface area contributed by atoms with Crippen molar-refractivity contribution in [2.24, 2.45) is 5.73 Å². The van der Waals surface area contributed by atoms with Gasteiger partial charge in [-0.15, -0.1) is 0 Å². The lowest BCUT2D eigenvalue weighted by Crippen LogP contribution is -2.33. The standard InChI is InChI=1S/C13H17N3O2S2/c14-4-1-3-12-9-13(11-15-10-12)20(17,18)16-5-2-7-19-8-6-16/h9-11H,2,4-8,14H2. The third-order valence-corrected chi connectivity index (χ3v) is 5.78. The van der Waals surface area contributed by atoms with Gasteiger partial charge in [0.25, 0.3) is 0 Å². The number of hydrogen-bond donors (Lipinski definition) is 1. The Morgan fingerprint density at radius 1 is 1.35 bits per heavy atom. The molecule has 2 rings (SSSR count). The molecule has 0 amide bonds. The molecule has 0 saturated carbocycles. The summed E-state index contributed by atoms with van der Waals surface area (Å²) in [7, 11) is -3.47. The van der Waals surface area contributed by atoms with Crippen LogP contribution in [-0.4, -0.2) is 48.8 Å². The Morgan fingerprint density at radius 2 is 2.20 bits per heavy atom. The summed E-state index contributed by atoms with van der Waals surface area (Å²) in [4.78, 5) is 4.17. The highest BCUT2D eigenvalue weighted by Crippen LogP contribution is 2.19. The fourth-order valence-corrected chi connectivity index (χ4v) is 4.37. The van der Waals surface area contributed by atoms with E-state index in [9.17, 15) is 8.42 Å². The van der Waals surface area contributed by atoms with Gasteiger partial charge in [-0.1, -0.05) is 11.8 Å². The van der Waals surface area contributed by atoms with E-state index in [4.69, 9.17) is 5.73 Å². The normalized spacial score (nSPS) is 17.1. The van der Waals surface area contributed by atoms with Crippen LogP contribution in [0.3, 0.4) is 0 Å². The highest BCUT2D eigenvalue weighted by atomic mass is 32.2. The van der Waals surface area contributed by atoms with Gasteiger partial charge >= 0.3 is 0 Å². The molecule has 0 aromatic carbocycles. The summed E-state index contributed by atoms with van der Waals surface area (Å²) in [6.45, 7) is 1.35. The molecule has 1 fully saturated rings. The number of rotatable bonds is 2.